The van der Waals surface area contributed by atoms with Gasteiger partial charge in [0.15, 0.2) is 0 Å². The van der Waals surface area contributed by atoms with Crippen LogP contribution in [0.25, 0.3) is 0 Å². The molecule has 122 valence electrons. The van der Waals surface area contributed by atoms with Crippen molar-refractivity contribution in [2.75, 3.05) is 14.2 Å². The molecule has 0 heterocycles. The fourth-order valence-corrected chi connectivity index (χ4v) is 3.58. The Morgan fingerprint density at radius 2 is 1.77 bits per heavy atom. The van der Waals surface area contributed by atoms with E-state index >= 15 is 0 Å². The molecule has 6 nitrogen and oxygen atoms in total. The van der Waals surface area contributed by atoms with E-state index in [-0.39, 0.29) is 16.8 Å². The summed E-state index contributed by atoms with van der Waals surface area (Å²) in [6.07, 6.45) is 5.61. The van der Waals surface area contributed by atoms with Crippen molar-refractivity contribution in [1.29, 1.82) is 0 Å². The van der Waals surface area contributed by atoms with Crippen LogP contribution in [0.15, 0.2) is 29.2 Å². The topological polar surface area (TPSA) is 75.7 Å². The van der Waals surface area contributed by atoms with Gasteiger partial charge in [0, 0.05) is 18.7 Å². The SMILES string of the molecule is CONS(=O)(=O)c1ccc(C(=O)N(C)C2CCCCC2)cc1. The molecule has 0 atom stereocenters. The number of carbonyl (C=O) groups excluding carboxylic acids is 1. The van der Waals surface area contributed by atoms with E-state index in [4.69, 9.17) is 0 Å². The molecule has 1 fully saturated rings. The Kier molecular flexibility index (Phi) is 5.55. The Hall–Kier alpha value is -1.44. The van der Waals surface area contributed by atoms with Crippen molar-refractivity contribution >= 4 is 15.9 Å². The molecule has 0 saturated heterocycles. The lowest BCUT2D eigenvalue weighted by atomic mass is 9.94. The average molecular weight is 326 g/mol. The highest BCUT2D eigenvalue weighted by Crippen LogP contribution is 2.23. The van der Waals surface area contributed by atoms with E-state index in [1.54, 1.807) is 4.90 Å². The molecule has 0 radical (unpaired) electrons. The molecule has 1 aromatic rings. The van der Waals surface area contributed by atoms with Gasteiger partial charge in [0.05, 0.1) is 12.0 Å². The van der Waals surface area contributed by atoms with Gasteiger partial charge >= 0.3 is 0 Å². The van der Waals surface area contributed by atoms with E-state index < -0.39 is 10.0 Å². The maximum absolute atomic E-state index is 12.5. The standard InChI is InChI=1S/C15H22N2O4S/c1-17(13-6-4-3-5-7-13)15(18)12-8-10-14(11-9-12)22(19,20)16-21-2/h8-11,13,16H,3-7H2,1-2H3. The molecule has 1 saturated carbocycles. The number of carbonyl (C=O) groups is 1. The minimum absolute atomic E-state index is 0.0613. The first kappa shape index (κ1) is 16.9. The van der Waals surface area contributed by atoms with Crippen LogP contribution in [0.3, 0.4) is 0 Å². The summed E-state index contributed by atoms with van der Waals surface area (Å²) in [5.74, 6) is -0.0736. The molecule has 0 aromatic heterocycles. The lowest BCUT2D eigenvalue weighted by molar-refractivity contribution is 0.0696. The zero-order chi connectivity index (χ0) is 16.2. The van der Waals surface area contributed by atoms with E-state index in [0.29, 0.717) is 5.56 Å². The molecule has 22 heavy (non-hydrogen) atoms. The van der Waals surface area contributed by atoms with Crippen molar-refractivity contribution in [2.45, 2.75) is 43.0 Å². The maximum atomic E-state index is 12.5. The molecule has 2 rings (SSSR count). The fraction of sp³-hybridized carbons (Fsp3) is 0.533. The third-order valence-corrected chi connectivity index (χ3v) is 5.33. The first-order valence-electron chi connectivity index (χ1n) is 7.37. The van der Waals surface area contributed by atoms with Crippen molar-refractivity contribution in [3.63, 3.8) is 0 Å². The van der Waals surface area contributed by atoms with Gasteiger partial charge in [0.1, 0.15) is 0 Å². The predicted octanol–water partition coefficient (Wildman–Crippen LogP) is 1.93. The van der Waals surface area contributed by atoms with Gasteiger partial charge in [-0.2, -0.15) is 0 Å². The predicted molar refractivity (Wildman–Crippen MR) is 82.7 cm³/mol. The highest BCUT2D eigenvalue weighted by atomic mass is 32.2. The molecule has 0 aliphatic heterocycles. The zero-order valence-corrected chi connectivity index (χ0v) is 13.7. The number of rotatable bonds is 5. The fourth-order valence-electron chi connectivity index (χ4n) is 2.77. The smallest absolute Gasteiger partial charge is 0.262 e. The van der Waals surface area contributed by atoms with E-state index in [0.717, 1.165) is 25.7 Å². The van der Waals surface area contributed by atoms with Gasteiger partial charge in [-0.3, -0.25) is 9.63 Å². The van der Waals surface area contributed by atoms with Crippen molar-refractivity contribution < 1.29 is 18.0 Å². The second kappa shape index (κ2) is 7.21. The number of nitrogens with one attached hydrogen (secondary N) is 1. The van der Waals surface area contributed by atoms with Crippen LogP contribution in [-0.4, -0.2) is 39.4 Å². The molecule has 7 heteroatoms. The molecule has 0 unspecified atom stereocenters. The van der Waals surface area contributed by atoms with Crippen LogP contribution in [0.5, 0.6) is 0 Å². The summed E-state index contributed by atoms with van der Waals surface area (Å²) in [5.41, 5.74) is 0.490. The first-order valence-corrected chi connectivity index (χ1v) is 8.86. The molecule has 1 aliphatic rings. The normalized spacial score (nSPS) is 16.5. The van der Waals surface area contributed by atoms with Gasteiger partial charge in [0.2, 0.25) is 0 Å². The van der Waals surface area contributed by atoms with E-state index in [9.17, 15) is 13.2 Å². The Labute approximate surface area is 131 Å². The molecular formula is C15H22N2O4S. The monoisotopic (exact) mass is 326 g/mol. The molecular weight excluding hydrogens is 304 g/mol. The first-order chi connectivity index (χ1) is 10.5. The van der Waals surface area contributed by atoms with Crippen molar-refractivity contribution in [3.8, 4) is 0 Å². The number of benzene rings is 1. The van der Waals surface area contributed by atoms with Crippen LogP contribution in [0, 0.1) is 0 Å². The highest BCUT2D eigenvalue weighted by molar-refractivity contribution is 7.89. The van der Waals surface area contributed by atoms with Crippen LogP contribution < -0.4 is 4.89 Å². The van der Waals surface area contributed by atoms with Gasteiger partial charge in [-0.15, -0.1) is 0 Å². The molecule has 1 N–H and O–H groups in total. The number of hydrogen-bond donors (Lipinski definition) is 1. The number of sulfonamides is 1. The highest BCUT2D eigenvalue weighted by Gasteiger charge is 2.23. The van der Waals surface area contributed by atoms with Gasteiger partial charge in [-0.1, -0.05) is 24.1 Å². The summed E-state index contributed by atoms with van der Waals surface area (Å²) >= 11 is 0. The summed E-state index contributed by atoms with van der Waals surface area (Å²) in [7, 11) is -0.645. The molecule has 1 aromatic carbocycles. The Balaban J connectivity index is 2.11. The largest absolute Gasteiger partial charge is 0.339 e. The lowest BCUT2D eigenvalue weighted by Gasteiger charge is -2.31. The second-order valence-electron chi connectivity index (χ2n) is 5.52. The van der Waals surface area contributed by atoms with Crippen LogP contribution >= 0.6 is 0 Å². The third-order valence-electron chi connectivity index (χ3n) is 4.05. The summed E-state index contributed by atoms with van der Waals surface area (Å²) in [5, 5.41) is 0. The van der Waals surface area contributed by atoms with Crippen LogP contribution in [0.4, 0.5) is 0 Å². The summed E-state index contributed by atoms with van der Waals surface area (Å²) < 4.78 is 23.5. The third kappa shape index (κ3) is 3.85. The number of hydrogen-bond acceptors (Lipinski definition) is 4. The van der Waals surface area contributed by atoms with Crippen molar-refractivity contribution in [1.82, 2.24) is 9.79 Å². The molecule has 1 aliphatic carbocycles. The van der Waals surface area contributed by atoms with Crippen molar-refractivity contribution in [3.05, 3.63) is 29.8 Å². The Bertz CT molecular complexity index is 607. The van der Waals surface area contributed by atoms with Gasteiger partial charge < -0.3 is 4.90 Å². The Morgan fingerprint density at radius 3 is 2.32 bits per heavy atom. The van der Waals surface area contributed by atoms with Gasteiger partial charge in [0.25, 0.3) is 15.9 Å². The minimum atomic E-state index is -3.69. The van der Waals surface area contributed by atoms with Gasteiger partial charge in [-0.05, 0) is 37.1 Å². The van der Waals surface area contributed by atoms with Crippen LogP contribution in [-0.2, 0) is 14.9 Å². The van der Waals surface area contributed by atoms with E-state index in [1.807, 2.05) is 11.9 Å². The number of amides is 1. The summed E-state index contributed by atoms with van der Waals surface area (Å²) in [6.45, 7) is 0. The zero-order valence-electron chi connectivity index (χ0n) is 12.9. The molecule has 1 amide bonds. The maximum Gasteiger partial charge on any atom is 0.262 e. The quantitative estimate of drug-likeness (QED) is 0.839. The molecule has 0 spiro atoms. The summed E-state index contributed by atoms with van der Waals surface area (Å²) in [4.78, 5) is 20.7. The number of nitrogens with zero attached hydrogens (tertiary/aromatic N) is 1. The van der Waals surface area contributed by atoms with Crippen LogP contribution in [0.2, 0.25) is 0 Å². The molecule has 0 bridgehead atoms. The average Bonchev–Trinajstić information content (AvgIpc) is 2.54. The second-order valence-corrected chi connectivity index (χ2v) is 7.17. The van der Waals surface area contributed by atoms with Crippen molar-refractivity contribution in [2.24, 2.45) is 0 Å². The van der Waals surface area contributed by atoms with E-state index in [2.05, 4.69) is 4.84 Å². The minimum Gasteiger partial charge on any atom is -0.339 e. The van der Waals surface area contributed by atoms with Crippen LogP contribution in [0.1, 0.15) is 42.5 Å². The Morgan fingerprint density at radius 1 is 1.18 bits per heavy atom. The lowest BCUT2D eigenvalue weighted by Crippen LogP contribution is -2.38. The summed E-state index contributed by atoms with van der Waals surface area (Å²) in [6, 6.07) is 6.16. The van der Waals surface area contributed by atoms with E-state index in [1.165, 1.54) is 37.8 Å². The van der Waals surface area contributed by atoms with Gasteiger partial charge in [-0.25, -0.2) is 8.42 Å².